The molecule has 0 N–H and O–H groups in total. The van der Waals surface area contributed by atoms with E-state index >= 15 is 0 Å². The normalized spacial score (nSPS) is 20.1. The average Bonchev–Trinajstić information content (AvgIpc) is 2.93. The molecule has 3 rings (SSSR count). The van der Waals surface area contributed by atoms with Crippen LogP contribution in [0.15, 0.2) is 50.3 Å². The Bertz CT molecular complexity index is 616. The molecule has 2 aliphatic rings. The van der Waals surface area contributed by atoms with E-state index in [1.807, 2.05) is 37.2 Å². The molecule has 0 aliphatic carbocycles. The second kappa shape index (κ2) is 5.58. The maximum Gasteiger partial charge on any atom is 0.191 e. The highest BCUT2D eigenvalue weighted by molar-refractivity contribution is 8.13. The predicted molar refractivity (Wildman–Crippen MR) is 86.0 cm³/mol. The zero-order valence-electron chi connectivity index (χ0n) is 11.4. The van der Waals surface area contributed by atoms with Gasteiger partial charge in [0.1, 0.15) is 12.2 Å². The fourth-order valence-electron chi connectivity index (χ4n) is 1.98. The van der Waals surface area contributed by atoms with Crippen molar-refractivity contribution in [2.24, 2.45) is 20.0 Å². The van der Waals surface area contributed by atoms with E-state index in [0.29, 0.717) is 0 Å². The molecule has 5 nitrogen and oxygen atoms in total. The van der Waals surface area contributed by atoms with Crippen LogP contribution in [0.4, 0.5) is 0 Å². The molecule has 2 heterocycles. The van der Waals surface area contributed by atoms with Crippen LogP contribution in [-0.2, 0) is 5.75 Å². The standard InChI is InChI=1S/C14H15N5S/c1-19(2)13-11-12(16-9-15-11)17-14(18-13)20-8-10-6-4-3-5-7-10/h3-7,9,11H,8H2,1-2H3. The smallest absolute Gasteiger partial charge is 0.191 e. The monoisotopic (exact) mass is 285 g/mol. The topological polar surface area (TPSA) is 52.7 Å². The van der Waals surface area contributed by atoms with Crippen molar-refractivity contribution in [2.45, 2.75) is 11.8 Å². The summed E-state index contributed by atoms with van der Waals surface area (Å²) in [5.74, 6) is 2.48. The second-order valence-corrected chi connectivity index (χ2v) is 5.63. The van der Waals surface area contributed by atoms with Gasteiger partial charge in [-0.1, -0.05) is 42.1 Å². The van der Waals surface area contributed by atoms with Crippen molar-refractivity contribution in [3.05, 3.63) is 35.9 Å². The third-order valence-electron chi connectivity index (χ3n) is 2.98. The number of fused-ring (bicyclic) bond motifs is 1. The Hall–Kier alpha value is -1.95. The highest BCUT2D eigenvalue weighted by Crippen LogP contribution is 2.21. The fourth-order valence-corrected chi connectivity index (χ4v) is 2.79. The first-order valence-electron chi connectivity index (χ1n) is 6.35. The number of benzene rings is 1. The van der Waals surface area contributed by atoms with Gasteiger partial charge in [0.2, 0.25) is 0 Å². The van der Waals surface area contributed by atoms with Crippen LogP contribution in [0, 0.1) is 0 Å². The maximum atomic E-state index is 4.60. The van der Waals surface area contributed by atoms with E-state index in [9.17, 15) is 0 Å². The van der Waals surface area contributed by atoms with Crippen LogP contribution in [-0.4, -0.2) is 48.2 Å². The first-order valence-corrected chi connectivity index (χ1v) is 7.33. The van der Waals surface area contributed by atoms with Gasteiger partial charge in [-0.05, 0) is 5.56 Å². The molecule has 0 spiro atoms. The van der Waals surface area contributed by atoms with Crippen LogP contribution in [0.25, 0.3) is 0 Å². The molecule has 0 saturated heterocycles. The summed E-state index contributed by atoms with van der Waals surface area (Å²) in [5.41, 5.74) is 1.26. The van der Waals surface area contributed by atoms with Crippen molar-refractivity contribution in [3.8, 4) is 0 Å². The van der Waals surface area contributed by atoms with Gasteiger partial charge in [0, 0.05) is 19.8 Å². The van der Waals surface area contributed by atoms with Crippen molar-refractivity contribution in [3.63, 3.8) is 0 Å². The minimum Gasteiger partial charge on any atom is -0.364 e. The van der Waals surface area contributed by atoms with E-state index in [4.69, 9.17) is 0 Å². The quantitative estimate of drug-likeness (QED) is 0.835. The number of amidine groups is 3. The van der Waals surface area contributed by atoms with Gasteiger partial charge in [-0.2, -0.15) is 0 Å². The summed E-state index contributed by atoms with van der Waals surface area (Å²) in [7, 11) is 3.93. The minimum absolute atomic E-state index is 0.133. The number of hydrogen-bond donors (Lipinski definition) is 0. The summed E-state index contributed by atoms with van der Waals surface area (Å²) >= 11 is 1.62. The maximum absolute atomic E-state index is 4.60. The molecule has 1 unspecified atom stereocenters. The van der Waals surface area contributed by atoms with E-state index in [-0.39, 0.29) is 6.04 Å². The molecule has 0 fully saturated rings. The number of rotatable bonds is 2. The Morgan fingerprint density at radius 2 is 1.95 bits per heavy atom. The first kappa shape index (κ1) is 13.1. The molecule has 2 aliphatic heterocycles. The first-order chi connectivity index (χ1) is 9.74. The lowest BCUT2D eigenvalue weighted by Crippen LogP contribution is -2.39. The van der Waals surface area contributed by atoms with Gasteiger partial charge in [-0.15, -0.1) is 0 Å². The predicted octanol–water partition coefficient (Wildman–Crippen LogP) is 2.06. The van der Waals surface area contributed by atoms with Crippen molar-refractivity contribution in [2.75, 3.05) is 14.1 Å². The van der Waals surface area contributed by atoms with Gasteiger partial charge in [0.05, 0.1) is 0 Å². The van der Waals surface area contributed by atoms with Crippen LogP contribution in [0.1, 0.15) is 5.56 Å². The molecule has 6 heteroatoms. The van der Waals surface area contributed by atoms with Crippen LogP contribution in [0.5, 0.6) is 0 Å². The Balaban J connectivity index is 1.76. The lowest BCUT2D eigenvalue weighted by atomic mass is 10.2. The van der Waals surface area contributed by atoms with Gasteiger partial charge in [-0.25, -0.2) is 15.0 Å². The molecule has 102 valence electrons. The van der Waals surface area contributed by atoms with E-state index in [0.717, 1.165) is 22.6 Å². The van der Waals surface area contributed by atoms with Crippen LogP contribution in [0.2, 0.25) is 0 Å². The van der Waals surface area contributed by atoms with Crippen molar-refractivity contribution >= 4 is 34.9 Å². The summed E-state index contributed by atoms with van der Waals surface area (Å²) in [4.78, 5) is 19.6. The minimum atomic E-state index is -0.133. The summed E-state index contributed by atoms with van der Waals surface area (Å²) in [6.07, 6.45) is 1.56. The van der Waals surface area contributed by atoms with E-state index in [2.05, 4.69) is 32.1 Å². The number of thioether (sulfide) groups is 1. The summed E-state index contributed by atoms with van der Waals surface area (Å²) in [6.45, 7) is 0. The molecule has 1 aromatic rings. The van der Waals surface area contributed by atoms with Crippen LogP contribution < -0.4 is 0 Å². The molecule has 1 atom stereocenters. The third kappa shape index (κ3) is 2.65. The van der Waals surface area contributed by atoms with Gasteiger partial charge in [0.25, 0.3) is 0 Å². The molecule has 0 radical (unpaired) electrons. The molecule has 0 saturated carbocycles. The highest BCUT2D eigenvalue weighted by atomic mass is 32.2. The molecule has 0 aromatic heterocycles. The second-order valence-electron chi connectivity index (χ2n) is 4.69. The van der Waals surface area contributed by atoms with Crippen molar-refractivity contribution in [1.29, 1.82) is 0 Å². The van der Waals surface area contributed by atoms with Crippen molar-refractivity contribution < 1.29 is 0 Å². The van der Waals surface area contributed by atoms with Crippen molar-refractivity contribution in [1.82, 2.24) is 4.90 Å². The van der Waals surface area contributed by atoms with E-state index in [1.54, 1.807) is 18.1 Å². The van der Waals surface area contributed by atoms with Crippen LogP contribution >= 0.6 is 11.8 Å². The zero-order chi connectivity index (χ0) is 13.9. The van der Waals surface area contributed by atoms with Crippen LogP contribution in [0.3, 0.4) is 0 Å². The largest absolute Gasteiger partial charge is 0.364 e. The molecule has 1 aromatic carbocycles. The molecule has 0 bridgehead atoms. The van der Waals surface area contributed by atoms with Gasteiger partial charge in [-0.3, -0.25) is 4.99 Å². The van der Waals surface area contributed by atoms with Gasteiger partial charge in [0.15, 0.2) is 17.0 Å². The zero-order valence-corrected chi connectivity index (χ0v) is 12.2. The highest BCUT2D eigenvalue weighted by Gasteiger charge is 2.30. The molecular formula is C14H15N5S. The number of nitrogens with zero attached hydrogens (tertiary/aromatic N) is 5. The third-order valence-corrected chi connectivity index (χ3v) is 3.90. The number of aliphatic imine (C=N–C) groups is 4. The Morgan fingerprint density at radius 1 is 1.15 bits per heavy atom. The van der Waals surface area contributed by atoms with Gasteiger partial charge >= 0.3 is 0 Å². The average molecular weight is 285 g/mol. The SMILES string of the molecule is CN(C)C1=NC(SCc2ccccc2)=NC2=NC=NC21. The summed E-state index contributed by atoms with van der Waals surface area (Å²) < 4.78 is 0. The summed E-state index contributed by atoms with van der Waals surface area (Å²) in [5, 5.41) is 0.748. The lowest BCUT2D eigenvalue weighted by Gasteiger charge is -2.22. The Morgan fingerprint density at radius 3 is 2.70 bits per heavy atom. The molecule has 0 amide bonds. The van der Waals surface area contributed by atoms with E-state index in [1.165, 1.54) is 5.56 Å². The van der Waals surface area contributed by atoms with E-state index < -0.39 is 0 Å². The Labute approximate surface area is 122 Å². The molecule has 20 heavy (non-hydrogen) atoms. The lowest BCUT2D eigenvalue weighted by molar-refractivity contribution is 0.604. The molecular weight excluding hydrogens is 270 g/mol. The number of hydrogen-bond acceptors (Lipinski definition) is 6. The van der Waals surface area contributed by atoms with Gasteiger partial charge < -0.3 is 4.90 Å². The number of likely N-dealkylation sites (N-methyl/N-ethyl adjacent to an activating group) is 1. The Kier molecular flexibility index (Phi) is 3.64. The fraction of sp³-hybridized carbons (Fsp3) is 0.286. The summed E-state index contributed by atoms with van der Waals surface area (Å²) in [6, 6.07) is 10.2.